The second-order valence-electron chi connectivity index (χ2n) is 5.32. The summed E-state index contributed by atoms with van der Waals surface area (Å²) in [5.74, 6) is 0.743. The Bertz CT molecular complexity index is 374. The predicted molar refractivity (Wildman–Crippen MR) is 86.1 cm³/mol. The minimum atomic E-state index is 0.0165. The minimum absolute atomic E-state index is 0.0165. The second kappa shape index (κ2) is 9.82. The van der Waals surface area contributed by atoms with Gasteiger partial charge in [-0.1, -0.05) is 57.0 Å². The van der Waals surface area contributed by atoms with Gasteiger partial charge in [-0.15, -0.1) is 11.6 Å². The van der Waals surface area contributed by atoms with E-state index in [0.717, 1.165) is 32.1 Å². The largest absolute Gasteiger partial charge is 0.352 e. The number of alkyl halides is 1. The number of halogens is 1. The zero-order valence-corrected chi connectivity index (χ0v) is 13.3. The van der Waals surface area contributed by atoms with Crippen molar-refractivity contribution in [2.24, 2.45) is 5.92 Å². The number of rotatable bonds is 9. The molecule has 2 nitrogen and oxygen atoms in total. The van der Waals surface area contributed by atoms with Crippen molar-refractivity contribution < 1.29 is 4.79 Å². The van der Waals surface area contributed by atoms with E-state index in [1.807, 2.05) is 18.2 Å². The molecule has 1 unspecified atom stereocenters. The molecule has 0 bridgehead atoms. The van der Waals surface area contributed by atoms with Crippen molar-refractivity contribution >= 4 is 17.5 Å². The molecule has 0 aliphatic heterocycles. The summed E-state index contributed by atoms with van der Waals surface area (Å²) in [7, 11) is 0. The van der Waals surface area contributed by atoms with E-state index >= 15 is 0 Å². The van der Waals surface area contributed by atoms with Crippen LogP contribution in [-0.4, -0.2) is 17.8 Å². The molecule has 1 N–H and O–H groups in total. The van der Waals surface area contributed by atoms with Gasteiger partial charge in [-0.2, -0.15) is 0 Å². The topological polar surface area (TPSA) is 29.1 Å². The minimum Gasteiger partial charge on any atom is -0.352 e. The van der Waals surface area contributed by atoms with Gasteiger partial charge in [0.15, 0.2) is 0 Å². The van der Waals surface area contributed by atoms with Gasteiger partial charge in [0.05, 0.1) is 0 Å². The quantitative estimate of drug-likeness (QED) is 0.681. The lowest BCUT2D eigenvalue weighted by molar-refractivity contribution is -0.126. The van der Waals surface area contributed by atoms with Crippen LogP contribution in [0, 0.1) is 5.92 Å². The van der Waals surface area contributed by atoms with Gasteiger partial charge in [0.1, 0.15) is 0 Å². The van der Waals surface area contributed by atoms with Gasteiger partial charge in [0.25, 0.3) is 0 Å². The SMILES string of the molecule is CCCC(CCC)C(=O)NC(CCl)Cc1ccccc1. The molecule has 1 rings (SSSR count). The van der Waals surface area contributed by atoms with Gasteiger partial charge in [0, 0.05) is 17.8 Å². The Balaban J connectivity index is 2.55. The van der Waals surface area contributed by atoms with Gasteiger partial charge < -0.3 is 5.32 Å². The normalized spacial score (nSPS) is 12.4. The Labute approximate surface area is 127 Å². The van der Waals surface area contributed by atoms with Crippen LogP contribution in [-0.2, 0) is 11.2 Å². The van der Waals surface area contributed by atoms with Crippen LogP contribution in [0.3, 0.4) is 0 Å². The summed E-state index contributed by atoms with van der Waals surface area (Å²) >= 11 is 6.01. The average molecular weight is 296 g/mol. The lowest BCUT2D eigenvalue weighted by atomic mass is 9.96. The van der Waals surface area contributed by atoms with Crippen LogP contribution < -0.4 is 5.32 Å². The molecular weight excluding hydrogens is 270 g/mol. The molecule has 20 heavy (non-hydrogen) atoms. The third-order valence-corrected chi connectivity index (χ3v) is 3.88. The fourth-order valence-electron chi connectivity index (χ4n) is 2.47. The molecule has 0 aliphatic rings. The number of hydrogen-bond acceptors (Lipinski definition) is 1. The summed E-state index contributed by atoms with van der Waals surface area (Å²) in [6, 6.07) is 10.2. The van der Waals surface area contributed by atoms with E-state index in [9.17, 15) is 4.79 Å². The van der Waals surface area contributed by atoms with Crippen LogP contribution in [0.25, 0.3) is 0 Å². The first-order valence-electron chi connectivity index (χ1n) is 7.61. The molecule has 1 aromatic rings. The first kappa shape index (κ1) is 17.0. The highest BCUT2D eigenvalue weighted by Gasteiger charge is 2.19. The Morgan fingerprint density at radius 3 is 2.25 bits per heavy atom. The summed E-state index contributed by atoms with van der Waals surface area (Å²) in [4.78, 5) is 12.3. The van der Waals surface area contributed by atoms with Crippen LogP contribution in [0.5, 0.6) is 0 Å². The van der Waals surface area contributed by atoms with Crippen LogP contribution in [0.4, 0.5) is 0 Å². The maximum absolute atomic E-state index is 12.3. The fraction of sp³-hybridized carbons (Fsp3) is 0.588. The molecule has 0 fully saturated rings. The number of nitrogens with one attached hydrogen (secondary N) is 1. The molecule has 0 saturated heterocycles. The van der Waals surface area contributed by atoms with E-state index in [1.165, 1.54) is 5.56 Å². The first-order chi connectivity index (χ1) is 9.71. The number of amides is 1. The fourth-order valence-corrected chi connectivity index (χ4v) is 2.65. The molecule has 1 amide bonds. The molecule has 0 radical (unpaired) electrons. The maximum Gasteiger partial charge on any atom is 0.223 e. The molecule has 0 saturated carbocycles. The number of benzene rings is 1. The van der Waals surface area contributed by atoms with Crippen molar-refractivity contribution in [3.8, 4) is 0 Å². The molecule has 0 heterocycles. The summed E-state index contributed by atoms with van der Waals surface area (Å²) in [5, 5.41) is 3.11. The highest BCUT2D eigenvalue weighted by Crippen LogP contribution is 2.14. The van der Waals surface area contributed by atoms with Crippen LogP contribution in [0.2, 0.25) is 0 Å². The molecule has 3 heteroatoms. The van der Waals surface area contributed by atoms with E-state index in [1.54, 1.807) is 0 Å². The molecule has 0 aromatic heterocycles. The summed E-state index contributed by atoms with van der Waals surface area (Å²) in [6.45, 7) is 4.25. The summed E-state index contributed by atoms with van der Waals surface area (Å²) in [5.41, 5.74) is 1.21. The predicted octanol–water partition coefficient (Wildman–Crippen LogP) is 4.17. The Morgan fingerprint density at radius 1 is 1.15 bits per heavy atom. The number of hydrogen-bond donors (Lipinski definition) is 1. The second-order valence-corrected chi connectivity index (χ2v) is 5.63. The van der Waals surface area contributed by atoms with Gasteiger partial charge >= 0.3 is 0 Å². The van der Waals surface area contributed by atoms with Crippen LogP contribution >= 0.6 is 11.6 Å². The molecule has 112 valence electrons. The van der Waals surface area contributed by atoms with Crippen molar-refractivity contribution in [3.05, 3.63) is 35.9 Å². The third-order valence-electron chi connectivity index (χ3n) is 3.50. The standard InChI is InChI=1S/C17H26ClNO/c1-3-8-15(9-4-2)17(20)19-16(13-18)12-14-10-6-5-7-11-14/h5-7,10-11,15-16H,3-4,8-9,12-13H2,1-2H3,(H,19,20). The lowest BCUT2D eigenvalue weighted by Crippen LogP contribution is -2.41. The Morgan fingerprint density at radius 2 is 1.75 bits per heavy atom. The molecule has 0 spiro atoms. The Hall–Kier alpha value is -1.02. The van der Waals surface area contributed by atoms with Crippen molar-refractivity contribution in [3.63, 3.8) is 0 Å². The third kappa shape index (κ3) is 5.96. The summed E-state index contributed by atoms with van der Waals surface area (Å²) < 4.78 is 0. The monoisotopic (exact) mass is 295 g/mol. The van der Waals surface area contributed by atoms with Crippen molar-refractivity contribution in [1.82, 2.24) is 5.32 Å². The van der Waals surface area contributed by atoms with Gasteiger partial charge in [-0.05, 0) is 24.8 Å². The zero-order chi connectivity index (χ0) is 14.8. The maximum atomic E-state index is 12.3. The average Bonchev–Trinajstić information content (AvgIpc) is 2.47. The number of carbonyl (C=O) groups is 1. The zero-order valence-electron chi connectivity index (χ0n) is 12.6. The highest BCUT2D eigenvalue weighted by atomic mass is 35.5. The van der Waals surface area contributed by atoms with Crippen LogP contribution in [0.1, 0.15) is 45.1 Å². The smallest absolute Gasteiger partial charge is 0.223 e. The van der Waals surface area contributed by atoms with Gasteiger partial charge in [-0.3, -0.25) is 4.79 Å². The first-order valence-corrected chi connectivity index (χ1v) is 8.14. The van der Waals surface area contributed by atoms with E-state index < -0.39 is 0 Å². The molecular formula is C17H26ClNO. The van der Waals surface area contributed by atoms with Gasteiger partial charge in [0.2, 0.25) is 5.91 Å². The van der Waals surface area contributed by atoms with E-state index in [-0.39, 0.29) is 17.9 Å². The van der Waals surface area contributed by atoms with Crippen molar-refractivity contribution in [2.75, 3.05) is 5.88 Å². The van der Waals surface area contributed by atoms with Gasteiger partial charge in [-0.25, -0.2) is 0 Å². The molecule has 0 aliphatic carbocycles. The highest BCUT2D eigenvalue weighted by molar-refractivity contribution is 6.18. The lowest BCUT2D eigenvalue weighted by Gasteiger charge is -2.21. The molecule has 1 aromatic carbocycles. The van der Waals surface area contributed by atoms with E-state index in [4.69, 9.17) is 11.6 Å². The Kier molecular flexibility index (Phi) is 8.36. The summed E-state index contributed by atoms with van der Waals surface area (Å²) in [6.07, 6.45) is 4.80. The molecule has 1 atom stereocenters. The van der Waals surface area contributed by atoms with Crippen molar-refractivity contribution in [1.29, 1.82) is 0 Å². The number of carbonyl (C=O) groups excluding carboxylic acids is 1. The van der Waals surface area contributed by atoms with E-state index in [2.05, 4.69) is 31.3 Å². The van der Waals surface area contributed by atoms with Crippen LogP contribution in [0.15, 0.2) is 30.3 Å². The van der Waals surface area contributed by atoms with E-state index in [0.29, 0.717) is 5.88 Å². The van der Waals surface area contributed by atoms with Crippen molar-refractivity contribution in [2.45, 2.75) is 52.0 Å².